The lowest BCUT2D eigenvalue weighted by Crippen LogP contribution is -2.34. The number of benzene rings is 1. The number of carboxylic acid groups (broad SMARTS) is 1. The summed E-state index contributed by atoms with van der Waals surface area (Å²) < 4.78 is 0. The number of carboxylic acids is 1. The second kappa shape index (κ2) is 7.08. The van der Waals surface area contributed by atoms with E-state index >= 15 is 0 Å². The lowest BCUT2D eigenvalue weighted by atomic mass is 9.84. The molecule has 6 N–H and O–H groups in total. The molecule has 0 unspecified atom stereocenters. The van der Waals surface area contributed by atoms with Crippen molar-refractivity contribution in [3.8, 4) is 0 Å². The Balaban J connectivity index is 2.55. The van der Waals surface area contributed by atoms with Crippen molar-refractivity contribution >= 4 is 17.6 Å². The van der Waals surface area contributed by atoms with Gasteiger partial charge < -0.3 is 21.9 Å². The van der Waals surface area contributed by atoms with E-state index in [-0.39, 0.29) is 12.6 Å². The van der Waals surface area contributed by atoms with Gasteiger partial charge in [0.2, 0.25) is 5.91 Å². The molecule has 0 radical (unpaired) electrons. The minimum atomic E-state index is -0.844. The first-order valence-corrected chi connectivity index (χ1v) is 6.81. The number of nitrogens with one attached hydrogen (secondary N) is 1. The highest BCUT2D eigenvalue weighted by atomic mass is 16.4. The quantitative estimate of drug-likeness (QED) is 0.569. The van der Waals surface area contributed by atoms with E-state index in [4.69, 9.17) is 16.6 Å². The molecule has 0 saturated carbocycles. The first kappa shape index (κ1) is 17.0. The smallest absolute Gasteiger partial charge is 0.309 e. The maximum absolute atomic E-state index is 11.1. The highest BCUT2D eigenvalue weighted by Gasteiger charge is 2.29. The molecule has 21 heavy (non-hydrogen) atoms. The molecule has 0 bridgehead atoms. The maximum atomic E-state index is 11.1. The van der Waals surface area contributed by atoms with Gasteiger partial charge in [-0.15, -0.1) is 0 Å². The topological polar surface area (TPSA) is 118 Å². The molecule has 6 heteroatoms. The summed E-state index contributed by atoms with van der Waals surface area (Å²) >= 11 is 0. The summed E-state index contributed by atoms with van der Waals surface area (Å²) in [5, 5.41) is 12.0. The normalized spacial score (nSPS) is 12.7. The summed E-state index contributed by atoms with van der Waals surface area (Å²) in [5.41, 5.74) is 12.1. The summed E-state index contributed by atoms with van der Waals surface area (Å²) in [4.78, 5) is 21.7. The average Bonchev–Trinajstić information content (AvgIpc) is 2.36. The van der Waals surface area contributed by atoms with Crippen LogP contribution >= 0.6 is 0 Å². The van der Waals surface area contributed by atoms with Crippen LogP contribution in [0.2, 0.25) is 0 Å². The van der Waals surface area contributed by atoms with E-state index in [1.54, 1.807) is 13.8 Å². The van der Waals surface area contributed by atoms with E-state index in [2.05, 4.69) is 5.32 Å². The number of carbonyl (C=O) groups is 2. The van der Waals surface area contributed by atoms with E-state index in [0.717, 1.165) is 11.3 Å². The molecule has 6 nitrogen and oxygen atoms in total. The second-order valence-corrected chi connectivity index (χ2v) is 5.87. The number of amides is 1. The fourth-order valence-corrected chi connectivity index (χ4v) is 2.07. The Bertz CT molecular complexity index is 497. The van der Waals surface area contributed by atoms with Gasteiger partial charge in [-0.2, -0.15) is 0 Å². The van der Waals surface area contributed by atoms with Crippen LogP contribution in [0.3, 0.4) is 0 Å². The zero-order chi connectivity index (χ0) is 16.0. The van der Waals surface area contributed by atoms with Gasteiger partial charge in [-0.05, 0) is 44.4 Å². The first-order chi connectivity index (χ1) is 9.70. The number of aliphatic carboxylic acids is 1. The number of carbonyl (C=O) groups excluding carboxylic acids is 1. The minimum absolute atomic E-state index is 0.0889. The summed E-state index contributed by atoms with van der Waals surface area (Å²) in [5.74, 6) is -1.26. The standard InChI is InChI=1S/C15H23N3O3/c1-15(2,14(20)21)8-11(16)7-10-3-5-12(6-4-10)18-9-13(17)19/h3-6,11,18H,7-9,16H2,1-2H3,(H2,17,19)(H,20,21)/t11-/m0/s1. The highest BCUT2D eigenvalue weighted by molar-refractivity contribution is 5.78. The molecule has 0 fully saturated rings. The first-order valence-electron chi connectivity index (χ1n) is 6.81. The van der Waals surface area contributed by atoms with Gasteiger partial charge in [-0.1, -0.05) is 12.1 Å². The van der Waals surface area contributed by atoms with Gasteiger partial charge >= 0.3 is 5.97 Å². The molecule has 0 aliphatic rings. The van der Waals surface area contributed by atoms with Crippen molar-refractivity contribution in [3.05, 3.63) is 29.8 Å². The SMILES string of the molecule is CC(C)(C[C@@H](N)Cc1ccc(NCC(N)=O)cc1)C(=O)O. The molecule has 0 spiro atoms. The number of hydrogen-bond donors (Lipinski definition) is 4. The number of nitrogens with two attached hydrogens (primary N) is 2. The van der Waals surface area contributed by atoms with Crippen molar-refractivity contribution < 1.29 is 14.7 Å². The predicted molar refractivity (Wildman–Crippen MR) is 81.8 cm³/mol. The van der Waals surface area contributed by atoms with Crippen LogP contribution in [0, 0.1) is 5.41 Å². The van der Waals surface area contributed by atoms with Gasteiger partial charge in [-0.25, -0.2) is 0 Å². The molecule has 0 aromatic heterocycles. The van der Waals surface area contributed by atoms with Crippen LogP contribution < -0.4 is 16.8 Å². The second-order valence-electron chi connectivity index (χ2n) is 5.87. The Morgan fingerprint density at radius 2 is 1.86 bits per heavy atom. The van der Waals surface area contributed by atoms with Gasteiger partial charge in [0.05, 0.1) is 12.0 Å². The Hall–Kier alpha value is -2.08. The molecule has 116 valence electrons. The zero-order valence-corrected chi connectivity index (χ0v) is 12.4. The van der Waals surface area contributed by atoms with Crippen LogP contribution in [0.25, 0.3) is 0 Å². The molecule has 1 aromatic carbocycles. The molecular formula is C15H23N3O3. The highest BCUT2D eigenvalue weighted by Crippen LogP contribution is 2.23. The molecular weight excluding hydrogens is 270 g/mol. The summed E-state index contributed by atoms with van der Waals surface area (Å²) in [6.45, 7) is 3.43. The fourth-order valence-electron chi connectivity index (χ4n) is 2.07. The van der Waals surface area contributed by atoms with Crippen molar-refractivity contribution in [2.75, 3.05) is 11.9 Å². The summed E-state index contributed by atoms with van der Waals surface area (Å²) in [6, 6.07) is 7.26. The Labute approximate surface area is 124 Å². The number of primary amides is 1. The minimum Gasteiger partial charge on any atom is -0.481 e. The van der Waals surface area contributed by atoms with Gasteiger partial charge in [0, 0.05) is 11.7 Å². The zero-order valence-electron chi connectivity index (χ0n) is 12.4. The van der Waals surface area contributed by atoms with Crippen molar-refractivity contribution in [1.29, 1.82) is 0 Å². The third-order valence-electron chi connectivity index (χ3n) is 3.27. The Morgan fingerprint density at radius 3 is 2.33 bits per heavy atom. The average molecular weight is 293 g/mol. The lowest BCUT2D eigenvalue weighted by molar-refractivity contribution is -0.147. The molecule has 1 amide bonds. The molecule has 0 heterocycles. The maximum Gasteiger partial charge on any atom is 0.309 e. The van der Waals surface area contributed by atoms with Crippen molar-refractivity contribution in [1.82, 2.24) is 0 Å². The van der Waals surface area contributed by atoms with Crippen molar-refractivity contribution in [3.63, 3.8) is 0 Å². The number of anilines is 1. The molecule has 1 rings (SSSR count). The Morgan fingerprint density at radius 1 is 1.29 bits per heavy atom. The largest absolute Gasteiger partial charge is 0.481 e. The van der Waals surface area contributed by atoms with Crippen LogP contribution in [0.5, 0.6) is 0 Å². The molecule has 0 aliphatic heterocycles. The monoisotopic (exact) mass is 293 g/mol. The van der Waals surface area contributed by atoms with Crippen LogP contribution in [-0.4, -0.2) is 29.6 Å². The Kier molecular flexibility index (Phi) is 5.72. The molecule has 0 aliphatic carbocycles. The lowest BCUT2D eigenvalue weighted by Gasteiger charge is -2.23. The third kappa shape index (κ3) is 5.83. The van der Waals surface area contributed by atoms with Crippen LogP contribution in [0.15, 0.2) is 24.3 Å². The van der Waals surface area contributed by atoms with Crippen molar-refractivity contribution in [2.45, 2.75) is 32.7 Å². The van der Waals surface area contributed by atoms with Gasteiger partial charge in [0.25, 0.3) is 0 Å². The van der Waals surface area contributed by atoms with E-state index < -0.39 is 17.3 Å². The fraction of sp³-hybridized carbons (Fsp3) is 0.467. The van der Waals surface area contributed by atoms with Gasteiger partial charge in [0.1, 0.15) is 0 Å². The molecule has 0 saturated heterocycles. The van der Waals surface area contributed by atoms with Gasteiger partial charge in [0.15, 0.2) is 0 Å². The number of rotatable bonds is 8. The van der Waals surface area contributed by atoms with E-state index in [0.29, 0.717) is 12.8 Å². The van der Waals surface area contributed by atoms with E-state index in [9.17, 15) is 9.59 Å². The molecule has 1 aromatic rings. The molecule has 1 atom stereocenters. The van der Waals surface area contributed by atoms with E-state index in [1.165, 1.54) is 0 Å². The summed E-state index contributed by atoms with van der Waals surface area (Å²) in [6.07, 6.45) is 1.01. The van der Waals surface area contributed by atoms with Crippen LogP contribution in [0.1, 0.15) is 25.8 Å². The van der Waals surface area contributed by atoms with Crippen molar-refractivity contribution in [2.24, 2.45) is 16.9 Å². The number of hydrogen-bond acceptors (Lipinski definition) is 4. The summed E-state index contributed by atoms with van der Waals surface area (Å²) in [7, 11) is 0. The van der Waals surface area contributed by atoms with Crippen LogP contribution in [-0.2, 0) is 16.0 Å². The third-order valence-corrected chi connectivity index (χ3v) is 3.27. The van der Waals surface area contributed by atoms with Crippen LogP contribution in [0.4, 0.5) is 5.69 Å². The van der Waals surface area contributed by atoms with Gasteiger partial charge in [-0.3, -0.25) is 9.59 Å². The predicted octanol–water partition coefficient (Wildman–Crippen LogP) is 0.955. The van der Waals surface area contributed by atoms with E-state index in [1.807, 2.05) is 24.3 Å².